The van der Waals surface area contributed by atoms with E-state index in [0.29, 0.717) is 5.92 Å². The van der Waals surface area contributed by atoms with Crippen LogP contribution in [0.15, 0.2) is 36.5 Å². The summed E-state index contributed by atoms with van der Waals surface area (Å²) < 4.78 is 2.00. The third-order valence-electron chi connectivity index (χ3n) is 3.09. The zero-order valence-electron chi connectivity index (χ0n) is 12.1. The number of hydrogen-bond acceptors (Lipinski definition) is 2. The summed E-state index contributed by atoms with van der Waals surface area (Å²) in [6.07, 6.45) is 2.04. The predicted molar refractivity (Wildman–Crippen MR) is 79.1 cm³/mol. The van der Waals surface area contributed by atoms with Crippen LogP contribution in [0.1, 0.15) is 30.7 Å². The second-order valence-corrected chi connectivity index (χ2v) is 5.45. The van der Waals surface area contributed by atoms with Crippen molar-refractivity contribution < 1.29 is 0 Å². The molecule has 1 aromatic carbocycles. The number of nitrogens with zero attached hydrogens (tertiary/aromatic N) is 2. The molecular formula is C16H23N3. The first-order valence-corrected chi connectivity index (χ1v) is 6.92. The van der Waals surface area contributed by atoms with E-state index < -0.39 is 0 Å². The van der Waals surface area contributed by atoms with Crippen molar-refractivity contribution in [3.8, 4) is 0 Å². The Labute approximate surface area is 115 Å². The van der Waals surface area contributed by atoms with Gasteiger partial charge in [-0.25, -0.2) is 0 Å². The van der Waals surface area contributed by atoms with Crippen LogP contribution in [0, 0.1) is 12.8 Å². The molecule has 1 aromatic heterocycles. The van der Waals surface area contributed by atoms with Crippen LogP contribution >= 0.6 is 0 Å². The summed E-state index contributed by atoms with van der Waals surface area (Å²) >= 11 is 0. The number of hydrogen-bond donors (Lipinski definition) is 1. The van der Waals surface area contributed by atoms with Gasteiger partial charge in [0.1, 0.15) is 0 Å². The van der Waals surface area contributed by atoms with Crippen molar-refractivity contribution in [1.29, 1.82) is 0 Å². The fourth-order valence-electron chi connectivity index (χ4n) is 2.11. The summed E-state index contributed by atoms with van der Waals surface area (Å²) in [6, 6.07) is 10.6. The van der Waals surface area contributed by atoms with Crippen molar-refractivity contribution in [2.45, 2.75) is 33.9 Å². The Kier molecular flexibility index (Phi) is 4.74. The van der Waals surface area contributed by atoms with E-state index in [0.717, 1.165) is 25.3 Å². The maximum Gasteiger partial charge on any atom is 0.0662 e. The molecule has 3 heteroatoms. The van der Waals surface area contributed by atoms with Crippen LogP contribution < -0.4 is 5.32 Å². The Morgan fingerprint density at radius 3 is 2.53 bits per heavy atom. The van der Waals surface area contributed by atoms with E-state index in [1.165, 1.54) is 11.1 Å². The minimum atomic E-state index is 0.681. The van der Waals surface area contributed by atoms with E-state index in [-0.39, 0.29) is 0 Å². The standard InChI is InChI=1S/C16H23N3/c1-13(2)10-17-11-15-6-4-5-7-16(15)12-19-9-8-14(3)18-19/h4-9,13,17H,10-12H2,1-3H3. The van der Waals surface area contributed by atoms with Gasteiger partial charge in [-0.05, 0) is 36.6 Å². The molecule has 19 heavy (non-hydrogen) atoms. The van der Waals surface area contributed by atoms with E-state index in [1.807, 2.05) is 23.9 Å². The molecule has 0 saturated heterocycles. The molecule has 0 saturated carbocycles. The zero-order chi connectivity index (χ0) is 13.7. The van der Waals surface area contributed by atoms with Gasteiger partial charge in [-0.15, -0.1) is 0 Å². The molecule has 0 unspecified atom stereocenters. The number of benzene rings is 1. The average molecular weight is 257 g/mol. The van der Waals surface area contributed by atoms with Crippen LogP contribution in [-0.2, 0) is 13.1 Å². The van der Waals surface area contributed by atoms with Crippen molar-refractivity contribution in [3.05, 3.63) is 53.3 Å². The first-order chi connectivity index (χ1) is 9.15. The maximum atomic E-state index is 4.45. The Balaban J connectivity index is 2.03. The molecular weight excluding hydrogens is 234 g/mol. The smallest absolute Gasteiger partial charge is 0.0662 e. The molecule has 102 valence electrons. The lowest BCUT2D eigenvalue weighted by Crippen LogP contribution is -2.20. The summed E-state index contributed by atoms with van der Waals surface area (Å²) in [5.41, 5.74) is 3.76. The minimum Gasteiger partial charge on any atom is -0.312 e. The normalized spacial score (nSPS) is 11.2. The van der Waals surface area contributed by atoms with Gasteiger partial charge in [-0.3, -0.25) is 4.68 Å². The van der Waals surface area contributed by atoms with Crippen LogP contribution in [0.2, 0.25) is 0 Å². The summed E-state index contributed by atoms with van der Waals surface area (Å²) in [5, 5.41) is 7.95. The maximum absolute atomic E-state index is 4.45. The van der Waals surface area contributed by atoms with E-state index in [2.05, 4.69) is 48.5 Å². The molecule has 2 aromatic rings. The van der Waals surface area contributed by atoms with Crippen LogP contribution in [0.4, 0.5) is 0 Å². The second-order valence-electron chi connectivity index (χ2n) is 5.45. The summed E-state index contributed by atoms with van der Waals surface area (Å²) in [4.78, 5) is 0. The summed E-state index contributed by atoms with van der Waals surface area (Å²) in [6.45, 7) is 9.29. The lowest BCUT2D eigenvalue weighted by molar-refractivity contribution is 0.549. The fourth-order valence-corrected chi connectivity index (χ4v) is 2.11. The molecule has 0 aliphatic carbocycles. The van der Waals surface area contributed by atoms with Crippen LogP contribution in [0.5, 0.6) is 0 Å². The molecule has 0 aliphatic rings. The molecule has 0 amide bonds. The average Bonchev–Trinajstić information content (AvgIpc) is 2.77. The predicted octanol–water partition coefficient (Wildman–Crippen LogP) is 2.99. The number of aryl methyl sites for hydroxylation is 1. The molecule has 0 bridgehead atoms. The minimum absolute atomic E-state index is 0.681. The lowest BCUT2D eigenvalue weighted by atomic mass is 10.1. The molecule has 0 fully saturated rings. The lowest BCUT2D eigenvalue weighted by Gasteiger charge is -2.12. The summed E-state index contributed by atoms with van der Waals surface area (Å²) in [7, 11) is 0. The van der Waals surface area contributed by atoms with Crippen LogP contribution in [0.25, 0.3) is 0 Å². The van der Waals surface area contributed by atoms with Gasteiger partial charge in [0.05, 0.1) is 12.2 Å². The topological polar surface area (TPSA) is 29.9 Å². The van der Waals surface area contributed by atoms with Gasteiger partial charge >= 0.3 is 0 Å². The van der Waals surface area contributed by atoms with Crippen molar-refractivity contribution in [3.63, 3.8) is 0 Å². The van der Waals surface area contributed by atoms with Gasteiger partial charge in [-0.1, -0.05) is 38.1 Å². The Hall–Kier alpha value is -1.61. The number of aromatic nitrogens is 2. The highest BCUT2D eigenvalue weighted by atomic mass is 15.3. The molecule has 1 heterocycles. The van der Waals surface area contributed by atoms with Gasteiger partial charge in [0.25, 0.3) is 0 Å². The van der Waals surface area contributed by atoms with Crippen molar-refractivity contribution in [2.24, 2.45) is 5.92 Å². The SMILES string of the molecule is Cc1ccn(Cc2ccccc2CNCC(C)C)n1. The van der Waals surface area contributed by atoms with Gasteiger partial charge in [0.2, 0.25) is 0 Å². The molecule has 0 spiro atoms. The third kappa shape index (κ3) is 4.21. The third-order valence-corrected chi connectivity index (χ3v) is 3.09. The highest BCUT2D eigenvalue weighted by Crippen LogP contribution is 2.10. The van der Waals surface area contributed by atoms with Gasteiger partial charge < -0.3 is 5.32 Å². The molecule has 0 atom stereocenters. The highest BCUT2D eigenvalue weighted by molar-refractivity contribution is 5.27. The number of rotatable bonds is 6. The quantitative estimate of drug-likeness (QED) is 0.862. The second kappa shape index (κ2) is 6.53. The van der Waals surface area contributed by atoms with Crippen molar-refractivity contribution in [2.75, 3.05) is 6.54 Å². The van der Waals surface area contributed by atoms with Gasteiger partial charge in [0.15, 0.2) is 0 Å². The van der Waals surface area contributed by atoms with E-state index in [9.17, 15) is 0 Å². The first-order valence-electron chi connectivity index (χ1n) is 6.92. The Bertz CT molecular complexity index is 514. The fraction of sp³-hybridized carbons (Fsp3) is 0.438. The first kappa shape index (κ1) is 13.8. The van der Waals surface area contributed by atoms with E-state index in [4.69, 9.17) is 0 Å². The Morgan fingerprint density at radius 1 is 1.16 bits per heavy atom. The molecule has 1 N–H and O–H groups in total. The number of nitrogens with one attached hydrogen (secondary N) is 1. The molecule has 3 nitrogen and oxygen atoms in total. The molecule has 2 rings (SSSR count). The van der Waals surface area contributed by atoms with Gasteiger partial charge in [0, 0.05) is 12.7 Å². The van der Waals surface area contributed by atoms with E-state index >= 15 is 0 Å². The summed E-state index contributed by atoms with van der Waals surface area (Å²) in [5.74, 6) is 0.681. The monoisotopic (exact) mass is 257 g/mol. The zero-order valence-corrected chi connectivity index (χ0v) is 12.1. The van der Waals surface area contributed by atoms with Crippen molar-refractivity contribution in [1.82, 2.24) is 15.1 Å². The highest BCUT2D eigenvalue weighted by Gasteiger charge is 2.03. The van der Waals surface area contributed by atoms with E-state index in [1.54, 1.807) is 0 Å². The largest absolute Gasteiger partial charge is 0.312 e. The molecule has 0 radical (unpaired) electrons. The van der Waals surface area contributed by atoms with Crippen molar-refractivity contribution >= 4 is 0 Å². The molecule has 0 aliphatic heterocycles. The van der Waals surface area contributed by atoms with Gasteiger partial charge in [-0.2, -0.15) is 5.10 Å². The van der Waals surface area contributed by atoms with Crippen LogP contribution in [0.3, 0.4) is 0 Å². The van der Waals surface area contributed by atoms with Crippen LogP contribution in [-0.4, -0.2) is 16.3 Å². The Morgan fingerprint density at radius 2 is 1.89 bits per heavy atom.